The van der Waals surface area contributed by atoms with Gasteiger partial charge in [0.15, 0.2) is 0 Å². The summed E-state index contributed by atoms with van der Waals surface area (Å²) >= 11 is 6.15. The van der Waals surface area contributed by atoms with Crippen molar-refractivity contribution in [2.75, 3.05) is 5.32 Å². The second-order valence-electron chi connectivity index (χ2n) is 7.03. The number of amides is 1. The number of benzene rings is 2. The van der Waals surface area contributed by atoms with Gasteiger partial charge in [0, 0.05) is 16.1 Å². The van der Waals surface area contributed by atoms with E-state index in [4.69, 9.17) is 16.3 Å². The molecule has 1 atom stereocenters. The van der Waals surface area contributed by atoms with E-state index in [2.05, 4.69) is 10.3 Å². The monoisotopic (exact) mass is 372 g/mol. The smallest absolute Gasteiger partial charge is 0.313 e. The number of hydrogen-bond donors (Lipinski definition) is 1. The summed E-state index contributed by atoms with van der Waals surface area (Å²) in [6, 6.07) is 14.5. The molecule has 1 unspecified atom stereocenters. The van der Waals surface area contributed by atoms with Gasteiger partial charge in [0.25, 0.3) is 12.1 Å². The molecule has 0 aromatic heterocycles. The number of esters is 1. The number of fused-ring (bicyclic) bond motifs is 1. The number of hydrogen-bond acceptors (Lipinski definition) is 4. The predicted molar refractivity (Wildman–Crippen MR) is 101 cm³/mol. The molecule has 26 heavy (non-hydrogen) atoms. The van der Waals surface area contributed by atoms with Crippen LogP contribution < -0.4 is 5.32 Å². The maximum Gasteiger partial charge on any atom is 0.313 e. The molecule has 1 aliphatic rings. The van der Waals surface area contributed by atoms with Crippen molar-refractivity contribution in [3.63, 3.8) is 0 Å². The Balaban J connectivity index is 2.11. The minimum absolute atomic E-state index is 0.502. The number of rotatable bonds is 2. The van der Waals surface area contributed by atoms with Crippen LogP contribution in [0.15, 0.2) is 53.5 Å². The highest BCUT2D eigenvalue weighted by Gasteiger charge is 2.32. The molecule has 0 fully saturated rings. The summed E-state index contributed by atoms with van der Waals surface area (Å²) in [4.78, 5) is 29.3. The van der Waals surface area contributed by atoms with Gasteiger partial charge < -0.3 is 10.1 Å². The van der Waals surface area contributed by atoms with E-state index in [1.165, 1.54) is 0 Å². The number of aliphatic imine (C=N–C) groups is 1. The molecule has 0 spiro atoms. The Hall–Kier alpha value is -2.66. The fourth-order valence-electron chi connectivity index (χ4n) is 2.45. The van der Waals surface area contributed by atoms with Gasteiger partial charge in [-0.15, -0.1) is 0 Å². The van der Waals surface area contributed by atoms with E-state index in [1.807, 2.05) is 30.3 Å². The van der Waals surface area contributed by atoms with Gasteiger partial charge in [-0.1, -0.05) is 41.9 Å². The van der Waals surface area contributed by atoms with Crippen molar-refractivity contribution < 1.29 is 14.3 Å². The number of halogens is 1. The van der Waals surface area contributed by atoms with E-state index < -0.39 is 23.5 Å². The summed E-state index contributed by atoms with van der Waals surface area (Å²) in [5, 5.41) is 3.29. The van der Waals surface area contributed by atoms with Crippen LogP contribution in [0.3, 0.4) is 0 Å². The molecule has 2 aromatic carbocycles. The van der Waals surface area contributed by atoms with E-state index >= 15 is 0 Å². The first-order valence-corrected chi connectivity index (χ1v) is 8.58. The molecule has 2 aromatic rings. The lowest BCUT2D eigenvalue weighted by Crippen LogP contribution is -2.34. The molecule has 3 rings (SSSR count). The topological polar surface area (TPSA) is 67.8 Å². The summed E-state index contributed by atoms with van der Waals surface area (Å²) in [6.07, 6.45) is -1.27. The van der Waals surface area contributed by atoms with Gasteiger partial charge >= 0.3 is 5.97 Å². The second kappa shape index (κ2) is 6.92. The van der Waals surface area contributed by atoms with Crippen molar-refractivity contribution in [1.29, 1.82) is 0 Å². The third-order valence-corrected chi connectivity index (χ3v) is 4.08. The van der Waals surface area contributed by atoms with Crippen LogP contribution in [0.2, 0.25) is 5.02 Å². The fourth-order valence-corrected chi connectivity index (χ4v) is 2.62. The number of nitrogens with one attached hydrogen (secondary N) is 1. The molecule has 134 valence electrons. The standard InChI is InChI=1S/C20H19ClN2O3/c1-20(2,3)19(25)26-18-17(24)22-15-10-9-13(21)11-14(15)16(23-18)12-7-5-4-6-8-12/h4-11,18H,1-3H3,(H,22,24)/i17+2. The molecule has 0 saturated heterocycles. The van der Waals surface area contributed by atoms with Crippen LogP contribution >= 0.6 is 11.6 Å². The van der Waals surface area contributed by atoms with Crippen molar-refractivity contribution in [1.82, 2.24) is 0 Å². The van der Waals surface area contributed by atoms with Crippen LogP contribution in [0.1, 0.15) is 31.9 Å². The molecule has 1 N–H and O–H groups in total. The fraction of sp³-hybridized carbons (Fsp3) is 0.250. The van der Waals surface area contributed by atoms with Crippen molar-refractivity contribution in [2.45, 2.75) is 27.0 Å². The molecule has 5 nitrogen and oxygen atoms in total. The molecule has 0 radical (unpaired) electrons. The summed E-state index contributed by atoms with van der Waals surface area (Å²) in [6.45, 7) is 5.17. The van der Waals surface area contributed by atoms with E-state index in [-0.39, 0.29) is 0 Å². The van der Waals surface area contributed by atoms with Crippen LogP contribution in [-0.2, 0) is 14.3 Å². The highest BCUT2D eigenvalue weighted by atomic mass is 35.5. The Bertz CT molecular complexity index is 886. The molecule has 0 bridgehead atoms. The van der Waals surface area contributed by atoms with Crippen LogP contribution in [0.5, 0.6) is 0 Å². The first-order valence-electron chi connectivity index (χ1n) is 8.21. The van der Waals surface area contributed by atoms with Crippen LogP contribution in [0, 0.1) is 5.41 Å². The van der Waals surface area contributed by atoms with E-state index in [1.54, 1.807) is 39.0 Å². The number of carbonyl (C=O) groups excluding carboxylic acids is 2. The molecule has 1 amide bonds. The quantitative estimate of drug-likeness (QED) is 0.809. The van der Waals surface area contributed by atoms with E-state index in [0.29, 0.717) is 22.0 Å². The number of carbonyl (C=O) groups is 2. The van der Waals surface area contributed by atoms with Gasteiger partial charge in [0.05, 0.1) is 16.8 Å². The number of nitrogens with zero attached hydrogens (tertiary/aromatic N) is 1. The van der Waals surface area contributed by atoms with Gasteiger partial charge in [-0.2, -0.15) is 0 Å². The van der Waals surface area contributed by atoms with Gasteiger partial charge in [-0.3, -0.25) is 9.59 Å². The Morgan fingerprint density at radius 1 is 1.19 bits per heavy atom. The van der Waals surface area contributed by atoms with Crippen LogP contribution in [0.25, 0.3) is 0 Å². The van der Waals surface area contributed by atoms with Crippen LogP contribution in [0.4, 0.5) is 5.69 Å². The maximum absolute atomic E-state index is 12.6. The van der Waals surface area contributed by atoms with Gasteiger partial charge in [0.2, 0.25) is 0 Å². The molecular formula is C20H19ClN2O3. The number of anilines is 1. The normalized spacial score (nSPS) is 16.8. The molecule has 6 heteroatoms. The maximum atomic E-state index is 12.6. The Morgan fingerprint density at radius 3 is 2.54 bits per heavy atom. The van der Waals surface area contributed by atoms with Crippen molar-refractivity contribution in [3.05, 3.63) is 64.7 Å². The second-order valence-corrected chi connectivity index (χ2v) is 7.47. The van der Waals surface area contributed by atoms with Gasteiger partial charge in [-0.05, 0) is 39.0 Å². The minimum Gasteiger partial charge on any atom is -0.430 e. The van der Waals surface area contributed by atoms with E-state index in [0.717, 1.165) is 5.56 Å². The van der Waals surface area contributed by atoms with E-state index in [9.17, 15) is 9.59 Å². The Labute approximate surface area is 157 Å². The Morgan fingerprint density at radius 2 is 1.88 bits per heavy atom. The highest BCUT2D eigenvalue weighted by Crippen LogP contribution is 2.28. The van der Waals surface area contributed by atoms with Gasteiger partial charge in [0.1, 0.15) is 0 Å². The molecule has 0 aliphatic carbocycles. The average molecular weight is 373 g/mol. The minimum atomic E-state index is -1.27. The van der Waals surface area contributed by atoms with Crippen molar-refractivity contribution in [2.24, 2.45) is 10.4 Å². The van der Waals surface area contributed by atoms with Crippen molar-refractivity contribution in [3.8, 4) is 0 Å². The molecular weight excluding hydrogens is 354 g/mol. The lowest BCUT2D eigenvalue weighted by Gasteiger charge is -2.19. The third-order valence-electron chi connectivity index (χ3n) is 3.84. The molecule has 1 aliphatic heterocycles. The van der Waals surface area contributed by atoms with Crippen molar-refractivity contribution >= 4 is 34.9 Å². The first kappa shape index (κ1) is 18.1. The zero-order valence-electron chi connectivity index (χ0n) is 14.7. The Kier molecular flexibility index (Phi) is 4.83. The summed E-state index contributed by atoms with van der Waals surface area (Å²) in [5.74, 6) is -1.00. The summed E-state index contributed by atoms with van der Waals surface area (Å²) in [7, 11) is 0. The largest absolute Gasteiger partial charge is 0.430 e. The van der Waals surface area contributed by atoms with Gasteiger partial charge in [-0.25, -0.2) is 4.99 Å². The number of benzodiazepines with no additional fused rings is 1. The molecule has 0 saturated carbocycles. The first-order chi connectivity index (χ1) is 12.3. The molecule has 1 heterocycles. The SMILES string of the molecule is CC(C)(C)C(=O)OC1N=C(c2ccccc2)c2cc(Cl)ccc2N[14C]1=O. The third kappa shape index (κ3) is 3.78. The lowest BCUT2D eigenvalue weighted by molar-refractivity contribution is -0.161. The lowest BCUT2D eigenvalue weighted by atomic mass is 9.97. The average Bonchev–Trinajstić information content (AvgIpc) is 2.72. The number of ether oxygens (including phenoxy) is 1. The highest BCUT2D eigenvalue weighted by molar-refractivity contribution is 6.32. The zero-order chi connectivity index (χ0) is 18.9. The zero-order valence-corrected chi connectivity index (χ0v) is 15.5. The summed E-state index contributed by atoms with van der Waals surface area (Å²) < 4.78 is 5.39. The summed E-state index contributed by atoms with van der Waals surface area (Å²) in [5.41, 5.74) is 1.82. The predicted octanol–water partition coefficient (Wildman–Crippen LogP) is 4.04. The van der Waals surface area contributed by atoms with Crippen LogP contribution in [-0.4, -0.2) is 23.8 Å².